The Bertz CT molecular complexity index is 258. The predicted octanol–water partition coefficient (Wildman–Crippen LogP) is 1.83. The van der Waals surface area contributed by atoms with Gasteiger partial charge in [-0.15, -0.1) is 0 Å². The molecule has 1 aliphatic heterocycles. The molecule has 1 saturated heterocycles. The van der Waals surface area contributed by atoms with E-state index in [2.05, 4.69) is 15.1 Å². The monoisotopic (exact) mass is 177 g/mol. The number of nitrogens with one attached hydrogen (secondary N) is 1. The number of H-pyrrole nitrogens is 1. The van der Waals surface area contributed by atoms with E-state index in [1.54, 1.807) is 0 Å². The summed E-state index contributed by atoms with van der Waals surface area (Å²) in [4.78, 5) is 3.01. The highest BCUT2D eigenvalue weighted by Crippen LogP contribution is 2.08. The molecule has 0 amide bonds. The van der Waals surface area contributed by atoms with Gasteiger partial charge in [0.25, 0.3) is 0 Å². The Morgan fingerprint density at radius 1 is 1.31 bits per heavy atom. The van der Waals surface area contributed by atoms with Crippen molar-refractivity contribution in [2.75, 3.05) is 13.1 Å². The highest BCUT2D eigenvalue weighted by Gasteiger charge is 2.05. The van der Waals surface area contributed by atoms with Crippen molar-refractivity contribution in [2.45, 2.75) is 19.3 Å². The quantitative estimate of drug-likeness (QED) is 0.687. The van der Waals surface area contributed by atoms with Crippen molar-refractivity contribution < 1.29 is 0 Å². The Morgan fingerprint density at radius 2 is 2.15 bits per heavy atom. The van der Waals surface area contributed by atoms with Crippen LogP contribution < -0.4 is 0 Å². The van der Waals surface area contributed by atoms with E-state index in [0.29, 0.717) is 0 Å². The summed E-state index contributed by atoms with van der Waals surface area (Å²) < 4.78 is 0. The van der Waals surface area contributed by atoms with Crippen molar-refractivity contribution >= 4 is 6.21 Å². The van der Waals surface area contributed by atoms with Crippen LogP contribution in [-0.2, 0) is 0 Å². The predicted molar refractivity (Wildman–Crippen MR) is 53.8 cm³/mol. The summed E-state index contributed by atoms with van der Waals surface area (Å²) in [7, 11) is 0. The molecule has 0 spiro atoms. The second-order valence-corrected chi connectivity index (χ2v) is 3.40. The first-order valence-electron chi connectivity index (χ1n) is 4.87. The lowest BCUT2D eigenvalue weighted by molar-refractivity contribution is 0.240. The molecule has 1 aliphatic rings. The Kier molecular flexibility index (Phi) is 2.65. The van der Waals surface area contributed by atoms with E-state index in [1.807, 2.05) is 24.7 Å². The first-order valence-corrected chi connectivity index (χ1v) is 4.87. The van der Waals surface area contributed by atoms with E-state index < -0.39 is 0 Å². The highest BCUT2D eigenvalue weighted by atomic mass is 15.4. The molecule has 1 N–H and O–H groups in total. The Hall–Kier alpha value is -1.25. The van der Waals surface area contributed by atoms with E-state index in [0.717, 1.165) is 18.7 Å². The summed E-state index contributed by atoms with van der Waals surface area (Å²) in [5.41, 5.74) is 1.14. The van der Waals surface area contributed by atoms with Gasteiger partial charge in [-0.2, -0.15) is 5.10 Å². The third-order valence-corrected chi connectivity index (χ3v) is 2.32. The van der Waals surface area contributed by atoms with Gasteiger partial charge in [-0.25, -0.2) is 0 Å². The fourth-order valence-electron chi connectivity index (χ4n) is 1.56. The molecule has 0 saturated carbocycles. The van der Waals surface area contributed by atoms with Gasteiger partial charge in [-0.1, -0.05) is 0 Å². The third kappa shape index (κ3) is 2.34. The molecule has 2 heterocycles. The maximum Gasteiger partial charge on any atom is 0.0558 e. The van der Waals surface area contributed by atoms with E-state index in [1.165, 1.54) is 19.3 Å². The van der Waals surface area contributed by atoms with Crippen LogP contribution in [0.5, 0.6) is 0 Å². The number of aromatic amines is 1. The van der Waals surface area contributed by atoms with E-state index >= 15 is 0 Å². The van der Waals surface area contributed by atoms with E-state index in [-0.39, 0.29) is 0 Å². The van der Waals surface area contributed by atoms with Crippen LogP contribution in [0.4, 0.5) is 0 Å². The van der Waals surface area contributed by atoms with Crippen molar-refractivity contribution in [3.63, 3.8) is 0 Å². The van der Waals surface area contributed by atoms with Crippen molar-refractivity contribution in [1.82, 2.24) is 9.99 Å². The average molecular weight is 177 g/mol. The fraction of sp³-hybridized carbons (Fsp3) is 0.500. The minimum atomic E-state index is 1.11. The van der Waals surface area contributed by atoms with Crippen LogP contribution >= 0.6 is 0 Å². The molecule has 0 aliphatic carbocycles. The molecule has 2 rings (SSSR count). The molecule has 70 valence electrons. The number of hydrogen-bond donors (Lipinski definition) is 1. The Balaban J connectivity index is 1.89. The molecule has 0 bridgehead atoms. The molecule has 3 heteroatoms. The molecule has 1 fully saturated rings. The molecule has 1 aromatic rings. The van der Waals surface area contributed by atoms with Gasteiger partial charge in [0, 0.05) is 31.0 Å². The van der Waals surface area contributed by atoms with Crippen LogP contribution in [0.1, 0.15) is 24.8 Å². The fourth-order valence-corrected chi connectivity index (χ4v) is 1.56. The van der Waals surface area contributed by atoms with Crippen molar-refractivity contribution in [1.29, 1.82) is 0 Å². The number of rotatable bonds is 2. The molecule has 0 unspecified atom stereocenters. The van der Waals surface area contributed by atoms with Crippen LogP contribution in [0.3, 0.4) is 0 Å². The second-order valence-electron chi connectivity index (χ2n) is 3.40. The van der Waals surface area contributed by atoms with Crippen molar-refractivity contribution in [2.24, 2.45) is 5.10 Å². The summed E-state index contributed by atoms with van der Waals surface area (Å²) in [6.45, 7) is 2.22. The largest absolute Gasteiger partial charge is 0.367 e. The molecule has 13 heavy (non-hydrogen) atoms. The molecule has 0 radical (unpaired) electrons. The van der Waals surface area contributed by atoms with Crippen LogP contribution in [0.2, 0.25) is 0 Å². The van der Waals surface area contributed by atoms with Gasteiger partial charge in [-0.05, 0) is 25.3 Å². The van der Waals surface area contributed by atoms with Crippen LogP contribution in [0.15, 0.2) is 23.6 Å². The molecule has 3 nitrogen and oxygen atoms in total. The lowest BCUT2D eigenvalue weighted by Gasteiger charge is -2.23. The zero-order chi connectivity index (χ0) is 8.93. The smallest absolute Gasteiger partial charge is 0.0558 e. The molecule has 1 aromatic heterocycles. The van der Waals surface area contributed by atoms with Gasteiger partial charge in [0.2, 0.25) is 0 Å². The normalized spacial score (nSPS) is 18.3. The summed E-state index contributed by atoms with van der Waals surface area (Å²) in [5.74, 6) is 0. The van der Waals surface area contributed by atoms with Crippen molar-refractivity contribution in [3.8, 4) is 0 Å². The minimum absolute atomic E-state index is 1.11. The van der Waals surface area contributed by atoms with Gasteiger partial charge in [-0.3, -0.25) is 5.01 Å². The number of aromatic nitrogens is 1. The molecule has 0 aromatic carbocycles. The molecular weight excluding hydrogens is 162 g/mol. The highest BCUT2D eigenvalue weighted by molar-refractivity contribution is 5.78. The zero-order valence-corrected chi connectivity index (χ0v) is 7.74. The standard InChI is InChI=1S/C10H15N3/c1-2-6-13(7-3-1)12-9-10-4-5-11-8-10/h4-5,8-9,11H,1-3,6-7H2/b12-9+. The first-order chi connectivity index (χ1) is 6.45. The summed E-state index contributed by atoms with van der Waals surface area (Å²) in [6, 6.07) is 2.02. The maximum absolute atomic E-state index is 4.41. The van der Waals surface area contributed by atoms with Gasteiger partial charge in [0.05, 0.1) is 6.21 Å². The topological polar surface area (TPSA) is 31.4 Å². The van der Waals surface area contributed by atoms with Gasteiger partial charge < -0.3 is 4.98 Å². The zero-order valence-electron chi connectivity index (χ0n) is 7.74. The summed E-state index contributed by atoms with van der Waals surface area (Å²) in [6.07, 6.45) is 9.71. The van der Waals surface area contributed by atoms with Crippen LogP contribution in [-0.4, -0.2) is 29.3 Å². The molecular formula is C10H15N3. The van der Waals surface area contributed by atoms with Crippen LogP contribution in [0, 0.1) is 0 Å². The summed E-state index contributed by atoms with van der Waals surface area (Å²) in [5, 5.41) is 6.56. The summed E-state index contributed by atoms with van der Waals surface area (Å²) >= 11 is 0. The average Bonchev–Trinajstić information content (AvgIpc) is 2.69. The number of nitrogens with zero attached hydrogens (tertiary/aromatic N) is 2. The SMILES string of the molecule is C(=N\N1CCCCC1)/c1cc[nH]c1. The first kappa shape index (κ1) is 8.35. The Labute approximate surface area is 78.4 Å². The van der Waals surface area contributed by atoms with Gasteiger partial charge in [0.15, 0.2) is 0 Å². The van der Waals surface area contributed by atoms with Crippen molar-refractivity contribution in [3.05, 3.63) is 24.0 Å². The second kappa shape index (κ2) is 4.12. The number of hydrazone groups is 1. The number of piperidine rings is 1. The van der Waals surface area contributed by atoms with Crippen LogP contribution in [0.25, 0.3) is 0 Å². The lowest BCUT2D eigenvalue weighted by Crippen LogP contribution is -2.24. The Morgan fingerprint density at radius 3 is 2.85 bits per heavy atom. The third-order valence-electron chi connectivity index (χ3n) is 2.32. The minimum Gasteiger partial charge on any atom is -0.367 e. The van der Waals surface area contributed by atoms with Gasteiger partial charge >= 0.3 is 0 Å². The molecule has 0 atom stereocenters. The van der Waals surface area contributed by atoms with Gasteiger partial charge in [0.1, 0.15) is 0 Å². The maximum atomic E-state index is 4.41. The number of hydrogen-bond acceptors (Lipinski definition) is 2. The van der Waals surface area contributed by atoms with E-state index in [4.69, 9.17) is 0 Å². The lowest BCUT2D eigenvalue weighted by atomic mass is 10.2. The van der Waals surface area contributed by atoms with E-state index in [9.17, 15) is 0 Å².